The first-order valence-electron chi connectivity index (χ1n) is 13.1. The summed E-state index contributed by atoms with van der Waals surface area (Å²) < 4.78 is 0. The largest absolute Gasteiger partial charge is 0.0656 e. The minimum Gasteiger partial charge on any atom is -0.0656 e. The molecule has 0 amide bonds. The molecule has 0 N–H and O–H groups in total. The molecule has 0 heterocycles. The van der Waals surface area contributed by atoms with Gasteiger partial charge < -0.3 is 0 Å². The molecule has 0 radical (unpaired) electrons. The summed E-state index contributed by atoms with van der Waals surface area (Å²) in [5, 5.41) is 0. The summed E-state index contributed by atoms with van der Waals surface area (Å²) in [6.07, 6.45) is 11.1. The third kappa shape index (κ3) is 11.9. The third-order valence-electron chi connectivity index (χ3n) is 6.95. The van der Waals surface area contributed by atoms with Gasteiger partial charge in [0.05, 0.1) is 0 Å². The van der Waals surface area contributed by atoms with Crippen LogP contribution in [0, 0.1) is 47.3 Å². The zero-order valence-electron chi connectivity index (χ0n) is 22.3. The molecular weight excluding hydrogens is 336 g/mol. The van der Waals surface area contributed by atoms with Crippen molar-refractivity contribution in [3.63, 3.8) is 0 Å². The monoisotopic (exact) mass is 396 g/mol. The quantitative estimate of drug-likeness (QED) is 0.382. The summed E-state index contributed by atoms with van der Waals surface area (Å²) in [4.78, 5) is 0. The van der Waals surface area contributed by atoms with Gasteiger partial charge >= 0.3 is 0 Å². The maximum Gasteiger partial charge on any atom is -0.0360 e. The molecule has 0 aliphatic heterocycles. The van der Waals surface area contributed by atoms with Crippen LogP contribution in [0.3, 0.4) is 0 Å². The van der Waals surface area contributed by atoms with Crippen LogP contribution in [0.5, 0.6) is 0 Å². The second-order valence-corrected chi connectivity index (χ2v) is 10.6. The Bertz CT molecular complexity index is 314. The maximum atomic E-state index is 2.56. The van der Waals surface area contributed by atoms with Crippen LogP contribution in [-0.4, -0.2) is 0 Å². The molecule has 1 saturated carbocycles. The molecule has 6 atom stereocenters. The van der Waals surface area contributed by atoms with Crippen LogP contribution in [0.25, 0.3) is 0 Å². The molecule has 1 rings (SSSR count). The molecule has 0 aromatic rings. The molecule has 6 unspecified atom stereocenters. The van der Waals surface area contributed by atoms with Gasteiger partial charge in [-0.3, -0.25) is 0 Å². The van der Waals surface area contributed by atoms with Crippen molar-refractivity contribution in [2.24, 2.45) is 47.3 Å². The highest BCUT2D eigenvalue weighted by Crippen LogP contribution is 2.48. The lowest BCUT2D eigenvalue weighted by Crippen LogP contribution is -2.38. The predicted molar refractivity (Wildman–Crippen MR) is 133 cm³/mol. The Hall–Kier alpha value is 0. The molecule has 0 bridgehead atoms. The Kier molecular flexibility index (Phi) is 19.2. The fourth-order valence-corrected chi connectivity index (χ4v) is 5.23. The second-order valence-electron chi connectivity index (χ2n) is 10.6. The van der Waals surface area contributed by atoms with Crippen molar-refractivity contribution in [2.75, 3.05) is 0 Å². The number of hydrogen-bond donors (Lipinski definition) is 0. The SMILES string of the molecule is CCC.CCC.CCCC1CC(C(CC(C)CC)C(C)C)CC(C(C)C)C1C. The van der Waals surface area contributed by atoms with Crippen LogP contribution in [0.1, 0.15) is 134 Å². The minimum absolute atomic E-state index is 0.850. The fourth-order valence-electron chi connectivity index (χ4n) is 5.23. The van der Waals surface area contributed by atoms with Gasteiger partial charge in [0.15, 0.2) is 0 Å². The molecular formula is C28H60. The van der Waals surface area contributed by atoms with E-state index in [1.54, 1.807) is 0 Å². The molecule has 28 heavy (non-hydrogen) atoms. The first-order chi connectivity index (χ1) is 13.1. The highest BCUT2D eigenvalue weighted by atomic mass is 14.4. The zero-order valence-corrected chi connectivity index (χ0v) is 22.3. The van der Waals surface area contributed by atoms with Crippen molar-refractivity contribution in [3.05, 3.63) is 0 Å². The summed E-state index contributed by atoms with van der Waals surface area (Å²) in [5.41, 5.74) is 0. The minimum atomic E-state index is 0.850. The molecule has 1 aliphatic carbocycles. The zero-order chi connectivity index (χ0) is 22.3. The standard InChI is InChI=1S/C22H44.2C3H8/c1-9-11-19-13-20(14-21(15(3)4)18(19)8)22(16(5)6)12-17(7)10-2;2*1-3-2/h15-22H,9-14H2,1-8H3;2*3H2,1-2H3. The molecule has 0 saturated heterocycles. The average Bonchev–Trinajstić information content (AvgIpc) is 2.62. The first kappa shape index (κ1) is 30.2. The van der Waals surface area contributed by atoms with E-state index in [4.69, 9.17) is 0 Å². The van der Waals surface area contributed by atoms with Crippen LogP contribution in [0.15, 0.2) is 0 Å². The molecule has 1 aliphatic rings. The normalized spacial score (nSPS) is 26.8. The summed E-state index contributed by atoms with van der Waals surface area (Å²) in [5.74, 6) is 7.40. The highest BCUT2D eigenvalue weighted by Gasteiger charge is 2.39. The molecule has 0 spiro atoms. The highest BCUT2D eigenvalue weighted by molar-refractivity contribution is 4.89. The van der Waals surface area contributed by atoms with Gasteiger partial charge in [-0.05, 0) is 66.6 Å². The van der Waals surface area contributed by atoms with E-state index in [1.807, 2.05) is 0 Å². The van der Waals surface area contributed by atoms with Gasteiger partial charge in [-0.1, -0.05) is 115 Å². The lowest BCUT2D eigenvalue weighted by Gasteiger charge is -2.46. The van der Waals surface area contributed by atoms with Crippen molar-refractivity contribution in [1.82, 2.24) is 0 Å². The van der Waals surface area contributed by atoms with Gasteiger partial charge in [-0.25, -0.2) is 0 Å². The van der Waals surface area contributed by atoms with E-state index in [1.165, 1.54) is 51.4 Å². The second kappa shape index (κ2) is 17.8. The Morgan fingerprint density at radius 3 is 1.64 bits per heavy atom. The van der Waals surface area contributed by atoms with E-state index in [0.717, 1.165) is 47.3 Å². The van der Waals surface area contributed by atoms with Gasteiger partial charge in [0.25, 0.3) is 0 Å². The maximum absolute atomic E-state index is 2.56. The molecule has 0 aromatic carbocycles. The van der Waals surface area contributed by atoms with E-state index in [-0.39, 0.29) is 0 Å². The Balaban J connectivity index is 0. The van der Waals surface area contributed by atoms with Gasteiger partial charge in [-0.2, -0.15) is 0 Å². The van der Waals surface area contributed by atoms with Gasteiger partial charge in [0.1, 0.15) is 0 Å². The van der Waals surface area contributed by atoms with Crippen molar-refractivity contribution in [3.8, 4) is 0 Å². The van der Waals surface area contributed by atoms with Crippen LogP contribution in [0.4, 0.5) is 0 Å². The van der Waals surface area contributed by atoms with Crippen molar-refractivity contribution >= 4 is 0 Å². The van der Waals surface area contributed by atoms with E-state index in [2.05, 4.69) is 83.1 Å². The Morgan fingerprint density at radius 1 is 0.786 bits per heavy atom. The average molecular weight is 397 g/mol. The summed E-state index contributed by atoms with van der Waals surface area (Å²) in [7, 11) is 0. The number of hydrogen-bond acceptors (Lipinski definition) is 0. The van der Waals surface area contributed by atoms with Crippen LogP contribution in [-0.2, 0) is 0 Å². The third-order valence-corrected chi connectivity index (χ3v) is 6.95. The summed E-state index contributed by atoms with van der Waals surface area (Å²) in [6, 6.07) is 0. The molecule has 1 fully saturated rings. The van der Waals surface area contributed by atoms with Crippen molar-refractivity contribution in [1.29, 1.82) is 0 Å². The molecule has 0 aromatic heterocycles. The van der Waals surface area contributed by atoms with Crippen molar-refractivity contribution in [2.45, 2.75) is 134 Å². The smallest absolute Gasteiger partial charge is 0.0360 e. The van der Waals surface area contributed by atoms with Gasteiger partial charge in [-0.15, -0.1) is 0 Å². The topological polar surface area (TPSA) is 0 Å². The molecule has 0 nitrogen and oxygen atoms in total. The van der Waals surface area contributed by atoms with E-state index < -0.39 is 0 Å². The van der Waals surface area contributed by atoms with E-state index in [0.29, 0.717) is 0 Å². The van der Waals surface area contributed by atoms with E-state index in [9.17, 15) is 0 Å². The van der Waals surface area contributed by atoms with Crippen LogP contribution in [0.2, 0.25) is 0 Å². The Morgan fingerprint density at radius 2 is 1.29 bits per heavy atom. The summed E-state index contributed by atoms with van der Waals surface area (Å²) >= 11 is 0. The van der Waals surface area contributed by atoms with Gasteiger partial charge in [0.2, 0.25) is 0 Å². The predicted octanol–water partition coefficient (Wildman–Crippen LogP) is 10.3. The lowest BCUT2D eigenvalue weighted by molar-refractivity contribution is 0.0338. The lowest BCUT2D eigenvalue weighted by atomic mass is 9.59. The molecule has 0 heteroatoms. The van der Waals surface area contributed by atoms with Gasteiger partial charge in [0, 0.05) is 0 Å². The van der Waals surface area contributed by atoms with E-state index >= 15 is 0 Å². The summed E-state index contributed by atoms with van der Waals surface area (Å²) in [6.45, 7) is 28.1. The fraction of sp³-hybridized carbons (Fsp3) is 1.00. The molecule has 172 valence electrons. The number of rotatable bonds is 8. The first-order valence-corrected chi connectivity index (χ1v) is 13.1. The Labute approximate surface area is 182 Å². The van der Waals surface area contributed by atoms with Crippen LogP contribution < -0.4 is 0 Å². The van der Waals surface area contributed by atoms with Crippen LogP contribution >= 0.6 is 0 Å². The van der Waals surface area contributed by atoms with Crippen molar-refractivity contribution < 1.29 is 0 Å².